The highest BCUT2D eigenvalue weighted by molar-refractivity contribution is 6.01. The van der Waals surface area contributed by atoms with Crippen molar-refractivity contribution in [3.63, 3.8) is 0 Å². The number of alkyl halides is 2. The average molecular weight is 349 g/mol. The second-order valence-corrected chi connectivity index (χ2v) is 6.11. The molecule has 2 aromatic rings. The van der Waals surface area contributed by atoms with E-state index in [-0.39, 0.29) is 17.8 Å². The average Bonchev–Trinajstić information content (AvgIpc) is 2.73. The Morgan fingerprint density at radius 2 is 1.96 bits per heavy atom. The predicted molar refractivity (Wildman–Crippen MR) is 89.5 cm³/mol. The van der Waals surface area contributed by atoms with E-state index in [1.54, 1.807) is 7.05 Å². The number of anilines is 2. The van der Waals surface area contributed by atoms with E-state index in [1.165, 1.54) is 37.4 Å². The lowest BCUT2D eigenvalue weighted by molar-refractivity contribution is -0.144. The van der Waals surface area contributed by atoms with E-state index < -0.39 is 23.3 Å². The van der Waals surface area contributed by atoms with Crippen molar-refractivity contribution < 1.29 is 18.0 Å². The van der Waals surface area contributed by atoms with Gasteiger partial charge < -0.3 is 9.80 Å². The molecule has 1 aromatic carbocycles. The van der Waals surface area contributed by atoms with E-state index in [0.29, 0.717) is 18.7 Å². The van der Waals surface area contributed by atoms with Gasteiger partial charge in [0.05, 0.1) is 11.4 Å². The largest absolute Gasteiger partial charge is 0.373 e. The second kappa shape index (κ2) is 6.38. The third-order valence-corrected chi connectivity index (χ3v) is 4.34. The van der Waals surface area contributed by atoms with Gasteiger partial charge >= 0.3 is 11.8 Å². The summed E-state index contributed by atoms with van der Waals surface area (Å²) in [6.45, 7) is 2.14. The highest BCUT2D eigenvalue weighted by Crippen LogP contribution is 2.37. The predicted octanol–water partition coefficient (Wildman–Crippen LogP) is 3.49. The van der Waals surface area contributed by atoms with Gasteiger partial charge in [-0.2, -0.15) is 8.78 Å². The summed E-state index contributed by atoms with van der Waals surface area (Å²) >= 11 is 0. The van der Waals surface area contributed by atoms with Crippen LogP contribution in [0, 0.1) is 12.7 Å². The number of rotatable bonds is 2. The molecular formula is C18H18F3N3O. The van der Waals surface area contributed by atoms with Crippen LogP contribution in [0.5, 0.6) is 0 Å². The lowest BCUT2D eigenvalue weighted by Gasteiger charge is -2.28. The van der Waals surface area contributed by atoms with Gasteiger partial charge in [0.2, 0.25) is 0 Å². The maximum atomic E-state index is 14.9. The van der Waals surface area contributed by atoms with Crippen molar-refractivity contribution in [1.82, 2.24) is 4.98 Å². The Hall–Kier alpha value is -2.57. The number of nitrogens with zero attached hydrogens (tertiary/aromatic N) is 3. The first kappa shape index (κ1) is 17.3. The summed E-state index contributed by atoms with van der Waals surface area (Å²) in [5.41, 5.74) is 0.349. The molecule has 4 nitrogen and oxygen atoms in total. The van der Waals surface area contributed by atoms with Gasteiger partial charge in [0.1, 0.15) is 11.5 Å². The third kappa shape index (κ3) is 3.06. The fourth-order valence-electron chi connectivity index (χ4n) is 3.04. The van der Waals surface area contributed by atoms with E-state index in [4.69, 9.17) is 0 Å². The van der Waals surface area contributed by atoms with Gasteiger partial charge in [0, 0.05) is 26.3 Å². The number of fused-ring (bicyclic) bond motifs is 1. The zero-order valence-electron chi connectivity index (χ0n) is 14.0. The van der Waals surface area contributed by atoms with E-state index in [0.717, 1.165) is 11.0 Å². The first-order valence-electron chi connectivity index (χ1n) is 7.95. The zero-order valence-corrected chi connectivity index (χ0v) is 14.0. The summed E-state index contributed by atoms with van der Waals surface area (Å²) in [6.07, 6.45) is 1.73. The number of amides is 1. The molecule has 0 saturated heterocycles. The van der Waals surface area contributed by atoms with Gasteiger partial charge in [-0.05, 0) is 43.2 Å². The van der Waals surface area contributed by atoms with Crippen molar-refractivity contribution in [3.8, 4) is 0 Å². The first-order valence-corrected chi connectivity index (χ1v) is 7.95. The molecule has 0 bridgehead atoms. The number of pyridine rings is 1. The molecule has 2 heterocycles. The molecule has 0 radical (unpaired) electrons. The molecule has 1 aromatic heterocycles. The number of carbonyl (C=O) groups excluding carboxylic acids is 1. The molecule has 25 heavy (non-hydrogen) atoms. The fraction of sp³-hybridized carbons (Fsp3) is 0.333. The molecule has 1 amide bonds. The lowest BCUT2D eigenvalue weighted by Crippen LogP contribution is -2.43. The maximum absolute atomic E-state index is 14.9. The molecule has 0 unspecified atom stereocenters. The number of benzene rings is 1. The van der Waals surface area contributed by atoms with Crippen molar-refractivity contribution in [1.29, 1.82) is 0 Å². The minimum Gasteiger partial charge on any atom is -0.373 e. The first-order chi connectivity index (χ1) is 11.8. The number of hydrogen-bond acceptors (Lipinski definition) is 3. The summed E-state index contributed by atoms with van der Waals surface area (Å²) in [6, 6.07) is 6.89. The SMILES string of the molecule is Cc1cccnc1C(F)(F)C(=O)N1CCCN(C)c2ccc(F)cc21. The van der Waals surface area contributed by atoms with Crippen molar-refractivity contribution in [3.05, 3.63) is 53.6 Å². The van der Waals surface area contributed by atoms with Crippen LogP contribution >= 0.6 is 0 Å². The van der Waals surface area contributed by atoms with Crippen LogP contribution in [0.2, 0.25) is 0 Å². The van der Waals surface area contributed by atoms with Crippen LogP contribution < -0.4 is 9.80 Å². The van der Waals surface area contributed by atoms with Gasteiger partial charge in [-0.15, -0.1) is 0 Å². The highest BCUT2D eigenvalue weighted by Gasteiger charge is 2.47. The highest BCUT2D eigenvalue weighted by atomic mass is 19.3. The van der Waals surface area contributed by atoms with Crippen molar-refractivity contribution in [2.75, 3.05) is 29.9 Å². The van der Waals surface area contributed by atoms with Crippen LogP contribution in [0.1, 0.15) is 17.7 Å². The molecule has 0 aliphatic carbocycles. The Morgan fingerprint density at radius 1 is 1.20 bits per heavy atom. The molecule has 1 aliphatic heterocycles. The normalized spacial score (nSPS) is 14.9. The van der Waals surface area contributed by atoms with Gasteiger partial charge in [-0.1, -0.05) is 6.07 Å². The Bertz CT molecular complexity index is 810. The molecule has 0 atom stereocenters. The Labute approximate surface area is 143 Å². The Morgan fingerprint density at radius 3 is 2.68 bits per heavy atom. The minimum atomic E-state index is -3.79. The van der Waals surface area contributed by atoms with Crippen LogP contribution in [0.15, 0.2) is 36.5 Å². The number of aromatic nitrogens is 1. The topological polar surface area (TPSA) is 36.4 Å². The molecule has 3 rings (SSSR count). The van der Waals surface area contributed by atoms with Crippen LogP contribution in [0.4, 0.5) is 24.5 Å². The summed E-state index contributed by atoms with van der Waals surface area (Å²) in [7, 11) is 1.78. The lowest BCUT2D eigenvalue weighted by atomic mass is 10.1. The molecule has 0 fully saturated rings. The summed E-state index contributed by atoms with van der Waals surface area (Å²) in [4.78, 5) is 19.2. The van der Waals surface area contributed by atoms with Crippen LogP contribution in [-0.2, 0) is 10.7 Å². The molecule has 0 N–H and O–H groups in total. The maximum Gasteiger partial charge on any atom is 0.366 e. The third-order valence-electron chi connectivity index (χ3n) is 4.34. The molecular weight excluding hydrogens is 331 g/mol. The number of hydrogen-bond donors (Lipinski definition) is 0. The zero-order chi connectivity index (χ0) is 18.2. The Balaban J connectivity index is 2.06. The Kier molecular flexibility index (Phi) is 4.41. The van der Waals surface area contributed by atoms with Crippen LogP contribution in [0.3, 0.4) is 0 Å². The molecule has 0 spiro atoms. The van der Waals surface area contributed by atoms with Crippen molar-refractivity contribution in [2.24, 2.45) is 0 Å². The smallest absolute Gasteiger partial charge is 0.366 e. The van der Waals surface area contributed by atoms with E-state index >= 15 is 0 Å². The van der Waals surface area contributed by atoms with Crippen LogP contribution in [0.25, 0.3) is 0 Å². The minimum absolute atomic E-state index is 0.0844. The standard InChI is InChI=1S/C18H18F3N3O/c1-12-5-3-8-22-16(12)18(20,21)17(25)24-10-4-9-23(2)14-7-6-13(19)11-15(14)24/h3,5-8,11H,4,9-10H2,1-2H3. The van der Waals surface area contributed by atoms with Gasteiger partial charge in [0.25, 0.3) is 0 Å². The van der Waals surface area contributed by atoms with E-state index in [2.05, 4.69) is 4.98 Å². The summed E-state index contributed by atoms with van der Waals surface area (Å²) in [5, 5.41) is 0. The van der Waals surface area contributed by atoms with Crippen LogP contribution in [-0.4, -0.2) is 31.0 Å². The molecule has 7 heteroatoms. The number of aryl methyl sites for hydroxylation is 1. The van der Waals surface area contributed by atoms with Gasteiger partial charge in [-0.25, -0.2) is 4.39 Å². The fourth-order valence-corrected chi connectivity index (χ4v) is 3.04. The van der Waals surface area contributed by atoms with Crippen molar-refractivity contribution in [2.45, 2.75) is 19.3 Å². The number of halogens is 3. The molecule has 0 saturated carbocycles. The summed E-state index contributed by atoms with van der Waals surface area (Å²) in [5.74, 6) is -5.77. The second-order valence-electron chi connectivity index (χ2n) is 6.11. The molecule has 1 aliphatic rings. The summed E-state index contributed by atoms with van der Waals surface area (Å²) < 4.78 is 43.4. The van der Waals surface area contributed by atoms with E-state index in [1.807, 2.05) is 4.90 Å². The monoisotopic (exact) mass is 349 g/mol. The molecule has 132 valence electrons. The van der Waals surface area contributed by atoms with Gasteiger partial charge in [-0.3, -0.25) is 9.78 Å². The van der Waals surface area contributed by atoms with E-state index in [9.17, 15) is 18.0 Å². The van der Waals surface area contributed by atoms with Crippen molar-refractivity contribution >= 4 is 17.3 Å². The quantitative estimate of drug-likeness (QED) is 0.833. The number of carbonyl (C=O) groups is 1. The van der Waals surface area contributed by atoms with Gasteiger partial charge in [0.15, 0.2) is 0 Å².